The van der Waals surface area contributed by atoms with E-state index in [0.29, 0.717) is 20.9 Å². The summed E-state index contributed by atoms with van der Waals surface area (Å²) in [7, 11) is 0. The highest BCUT2D eigenvalue weighted by molar-refractivity contribution is 9.10. The molecule has 0 fully saturated rings. The molecule has 0 spiro atoms. The van der Waals surface area contributed by atoms with Gasteiger partial charge in [-0.15, -0.1) is 0 Å². The largest absolute Gasteiger partial charge is 0.390 e. The van der Waals surface area contributed by atoms with Gasteiger partial charge in [-0.05, 0) is 40.2 Å². The summed E-state index contributed by atoms with van der Waals surface area (Å²) in [6.07, 6.45) is 0. The van der Waals surface area contributed by atoms with E-state index >= 15 is 0 Å². The molecule has 0 amide bonds. The van der Waals surface area contributed by atoms with Gasteiger partial charge in [-0.25, -0.2) is 0 Å². The number of aromatic nitrogens is 1. The van der Waals surface area contributed by atoms with Gasteiger partial charge in [-0.3, -0.25) is 0 Å². The molecule has 0 aliphatic heterocycles. The third-order valence-corrected chi connectivity index (χ3v) is 3.03. The van der Waals surface area contributed by atoms with Gasteiger partial charge in [0.1, 0.15) is 5.69 Å². The number of hydrogen-bond donors (Lipinski definition) is 1. The van der Waals surface area contributed by atoms with Crippen LogP contribution in [-0.4, -0.2) is 10.3 Å². The molecule has 0 unspecified atom stereocenters. The van der Waals surface area contributed by atoms with Crippen molar-refractivity contribution in [2.45, 2.75) is 6.61 Å². The van der Waals surface area contributed by atoms with Crippen LogP contribution in [0.1, 0.15) is 5.69 Å². The molecule has 15 heavy (non-hydrogen) atoms. The van der Waals surface area contributed by atoms with Gasteiger partial charge in [0.05, 0.1) is 11.1 Å². The van der Waals surface area contributed by atoms with Crippen molar-refractivity contribution in [3.05, 3.63) is 39.5 Å². The van der Waals surface area contributed by atoms with Gasteiger partial charge in [0.15, 0.2) is 5.76 Å². The van der Waals surface area contributed by atoms with E-state index in [4.69, 9.17) is 21.2 Å². The van der Waals surface area contributed by atoms with Crippen LogP contribution < -0.4 is 0 Å². The fourth-order valence-corrected chi connectivity index (χ4v) is 1.82. The number of halogens is 2. The van der Waals surface area contributed by atoms with Gasteiger partial charge in [0.2, 0.25) is 0 Å². The Labute approximate surface area is 99.8 Å². The van der Waals surface area contributed by atoms with Crippen LogP contribution in [0.4, 0.5) is 0 Å². The Hall–Kier alpha value is -0.840. The topological polar surface area (TPSA) is 46.3 Å². The van der Waals surface area contributed by atoms with E-state index in [1.165, 1.54) is 0 Å². The Morgan fingerprint density at radius 3 is 2.53 bits per heavy atom. The SMILES string of the molecule is OCc1noc(-c2ccc(Cl)cc2)c1Br. The Morgan fingerprint density at radius 1 is 1.33 bits per heavy atom. The monoisotopic (exact) mass is 287 g/mol. The highest BCUT2D eigenvalue weighted by Crippen LogP contribution is 2.31. The van der Waals surface area contributed by atoms with Crippen LogP contribution in [0.3, 0.4) is 0 Å². The molecule has 0 atom stereocenters. The number of aliphatic hydroxyl groups is 1. The first-order valence-corrected chi connectivity index (χ1v) is 5.40. The molecule has 78 valence electrons. The number of aliphatic hydroxyl groups excluding tert-OH is 1. The van der Waals surface area contributed by atoms with E-state index in [9.17, 15) is 0 Å². The van der Waals surface area contributed by atoms with Gasteiger partial charge in [0.25, 0.3) is 0 Å². The fraction of sp³-hybridized carbons (Fsp3) is 0.100. The molecule has 1 aromatic carbocycles. The summed E-state index contributed by atoms with van der Waals surface area (Å²) in [6, 6.07) is 7.19. The highest BCUT2D eigenvalue weighted by atomic mass is 79.9. The summed E-state index contributed by atoms with van der Waals surface area (Å²) < 4.78 is 5.79. The third-order valence-electron chi connectivity index (χ3n) is 1.96. The maximum Gasteiger partial charge on any atom is 0.181 e. The van der Waals surface area contributed by atoms with Crippen molar-refractivity contribution in [2.75, 3.05) is 0 Å². The van der Waals surface area contributed by atoms with E-state index < -0.39 is 0 Å². The summed E-state index contributed by atoms with van der Waals surface area (Å²) >= 11 is 9.09. The summed E-state index contributed by atoms with van der Waals surface area (Å²) in [4.78, 5) is 0. The first-order chi connectivity index (χ1) is 7.22. The lowest BCUT2D eigenvalue weighted by Crippen LogP contribution is -1.82. The molecule has 0 aliphatic rings. The van der Waals surface area contributed by atoms with Crippen molar-refractivity contribution in [2.24, 2.45) is 0 Å². The number of hydrogen-bond acceptors (Lipinski definition) is 3. The molecule has 5 heteroatoms. The predicted molar refractivity (Wildman–Crippen MR) is 60.6 cm³/mol. The van der Waals surface area contributed by atoms with Gasteiger partial charge in [-0.2, -0.15) is 0 Å². The molecule has 2 aromatic rings. The van der Waals surface area contributed by atoms with Crippen LogP contribution in [0.15, 0.2) is 33.3 Å². The molecule has 0 radical (unpaired) electrons. The molecule has 1 aromatic heterocycles. The van der Waals surface area contributed by atoms with E-state index in [-0.39, 0.29) is 6.61 Å². The Bertz CT molecular complexity index is 467. The van der Waals surface area contributed by atoms with Crippen molar-refractivity contribution in [3.63, 3.8) is 0 Å². The second-order valence-electron chi connectivity index (χ2n) is 2.94. The average Bonchev–Trinajstić information content (AvgIpc) is 2.61. The smallest absolute Gasteiger partial charge is 0.181 e. The standard InChI is InChI=1S/C10H7BrClNO2/c11-9-8(5-14)13-15-10(9)6-1-3-7(12)4-2-6/h1-4,14H,5H2. The van der Waals surface area contributed by atoms with E-state index in [0.717, 1.165) is 5.56 Å². The Morgan fingerprint density at radius 2 is 2.00 bits per heavy atom. The second kappa shape index (κ2) is 4.35. The molecular formula is C10H7BrClNO2. The molecule has 0 aliphatic carbocycles. The molecule has 1 N–H and O–H groups in total. The lowest BCUT2D eigenvalue weighted by Gasteiger charge is -1.96. The van der Waals surface area contributed by atoms with Crippen LogP contribution in [0, 0.1) is 0 Å². The fourth-order valence-electron chi connectivity index (χ4n) is 1.19. The van der Waals surface area contributed by atoms with Crippen molar-refractivity contribution in [1.82, 2.24) is 5.16 Å². The van der Waals surface area contributed by atoms with Crippen LogP contribution in [-0.2, 0) is 6.61 Å². The first kappa shape index (κ1) is 10.7. The van der Waals surface area contributed by atoms with Crippen molar-refractivity contribution in [3.8, 4) is 11.3 Å². The normalized spacial score (nSPS) is 10.6. The first-order valence-electron chi connectivity index (χ1n) is 4.23. The maximum atomic E-state index is 8.95. The molecule has 3 nitrogen and oxygen atoms in total. The van der Waals surface area contributed by atoms with Crippen molar-refractivity contribution >= 4 is 27.5 Å². The number of rotatable bonds is 2. The number of benzene rings is 1. The minimum atomic E-state index is -0.155. The highest BCUT2D eigenvalue weighted by Gasteiger charge is 2.14. The number of nitrogens with zero attached hydrogens (tertiary/aromatic N) is 1. The minimum Gasteiger partial charge on any atom is -0.390 e. The minimum absolute atomic E-state index is 0.155. The van der Waals surface area contributed by atoms with Crippen molar-refractivity contribution < 1.29 is 9.63 Å². The molecule has 1 heterocycles. The summed E-state index contributed by atoms with van der Waals surface area (Å²) in [5.74, 6) is 0.593. The van der Waals surface area contributed by atoms with Crippen molar-refractivity contribution in [1.29, 1.82) is 0 Å². The predicted octanol–water partition coefficient (Wildman–Crippen LogP) is 3.25. The maximum absolute atomic E-state index is 8.95. The zero-order valence-electron chi connectivity index (χ0n) is 7.58. The Balaban J connectivity index is 2.45. The Kier molecular flexibility index (Phi) is 3.09. The van der Waals surface area contributed by atoms with Crippen LogP contribution >= 0.6 is 27.5 Å². The van der Waals surface area contributed by atoms with E-state index in [2.05, 4.69) is 21.1 Å². The molecule has 0 saturated carbocycles. The van der Waals surface area contributed by atoms with Gasteiger partial charge in [-0.1, -0.05) is 16.8 Å². The average molecular weight is 289 g/mol. The van der Waals surface area contributed by atoms with E-state index in [1.807, 2.05) is 12.1 Å². The van der Waals surface area contributed by atoms with Crippen LogP contribution in [0.5, 0.6) is 0 Å². The van der Waals surface area contributed by atoms with Gasteiger partial charge in [0, 0.05) is 10.6 Å². The summed E-state index contributed by atoms with van der Waals surface area (Å²) in [6.45, 7) is -0.155. The van der Waals surface area contributed by atoms with Gasteiger partial charge < -0.3 is 9.63 Å². The lowest BCUT2D eigenvalue weighted by atomic mass is 10.2. The zero-order valence-corrected chi connectivity index (χ0v) is 9.92. The van der Waals surface area contributed by atoms with Gasteiger partial charge >= 0.3 is 0 Å². The zero-order chi connectivity index (χ0) is 10.8. The summed E-state index contributed by atoms with van der Waals surface area (Å²) in [5.41, 5.74) is 1.35. The van der Waals surface area contributed by atoms with Crippen LogP contribution in [0.25, 0.3) is 11.3 Å². The quantitative estimate of drug-likeness (QED) is 0.922. The van der Waals surface area contributed by atoms with Crippen LogP contribution in [0.2, 0.25) is 5.02 Å². The molecule has 0 bridgehead atoms. The molecular weight excluding hydrogens is 281 g/mol. The third kappa shape index (κ3) is 2.07. The molecule has 0 saturated heterocycles. The molecule has 2 rings (SSSR count). The van der Waals surface area contributed by atoms with E-state index in [1.54, 1.807) is 12.1 Å². The second-order valence-corrected chi connectivity index (χ2v) is 4.17. The lowest BCUT2D eigenvalue weighted by molar-refractivity contribution is 0.266. The summed E-state index contributed by atoms with van der Waals surface area (Å²) in [5, 5.41) is 13.3.